The second-order valence-electron chi connectivity index (χ2n) is 3.28. The molecule has 0 aliphatic heterocycles. The molecule has 0 aromatic heterocycles. The smallest absolute Gasteiger partial charge is 0.399 e. The molecule has 0 fully saturated rings. The third-order valence-corrected chi connectivity index (χ3v) is 3.03. The molecule has 0 atom stereocenters. The lowest BCUT2D eigenvalue weighted by atomic mass is 10.3. The zero-order chi connectivity index (χ0) is 14.0. The van der Waals surface area contributed by atoms with Crippen molar-refractivity contribution in [2.24, 2.45) is 0 Å². The van der Waals surface area contributed by atoms with Gasteiger partial charge in [0.2, 0.25) is 0 Å². The second kappa shape index (κ2) is 5.21. The maximum atomic E-state index is 11.9. The summed E-state index contributed by atoms with van der Waals surface area (Å²) in [5.41, 5.74) is 5.61. The lowest BCUT2D eigenvalue weighted by molar-refractivity contribution is -0.121. The molecular formula is C8H9ClF3N3O2S. The van der Waals surface area contributed by atoms with Crippen molar-refractivity contribution in [3.63, 3.8) is 0 Å². The van der Waals surface area contributed by atoms with Gasteiger partial charge < -0.3 is 5.73 Å². The molecule has 0 bridgehead atoms. The lowest BCUT2D eigenvalue weighted by Gasteiger charge is -2.12. The third kappa shape index (κ3) is 4.98. The summed E-state index contributed by atoms with van der Waals surface area (Å²) in [5.74, 6) is 0. The Bertz CT molecular complexity index is 533. The van der Waals surface area contributed by atoms with Gasteiger partial charge in [-0.1, -0.05) is 11.6 Å². The van der Waals surface area contributed by atoms with Crippen molar-refractivity contribution >= 4 is 33.2 Å². The lowest BCUT2D eigenvalue weighted by Crippen LogP contribution is -2.37. The van der Waals surface area contributed by atoms with Gasteiger partial charge in [0.15, 0.2) is 0 Å². The van der Waals surface area contributed by atoms with Crippen LogP contribution in [-0.4, -0.2) is 21.1 Å². The van der Waals surface area contributed by atoms with E-state index in [0.717, 1.165) is 0 Å². The van der Waals surface area contributed by atoms with E-state index in [1.807, 2.05) is 4.72 Å². The van der Waals surface area contributed by atoms with Gasteiger partial charge in [-0.25, -0.2) is 0 Å². The quantitative estimate of drug-likeness (QED) is 0.741. The highest BCUT2D eigenvalue weighted by Gasteiger charge is 2.29. The maximum absolute atomic E-state index is 11.9. The van der Waals surface area contributed by atoms with E-state index in [1.54, 1.807) is 0 Å². The van der Waals surface area contributed by atoms with Gasteiger partial charge in [-0.3, -0.25) is 4.72 Å². The Morgan fingerprint density at radius 1 is 1.33 bits per heavy atom. The highest BCUT2D eigenvalue weighted by molar-refractivity contribution is 7.90. The van der Waals surface area contributed by atoms with Crippen molar-refractivity contribution in [2.45, 2.75) is 6.18 Å². The van der Waals surface area contributed by atoms with Crippen LogP contribution in [0.3, 0.4) is 0 Å². The summed E-state index contributed by atoms with van der Waals surface area (Å²) in [6, 6.07) is 3.86. The molecule has 0 unspecified atom stereocenters. The number of anilines is 2. The van der Waals surface area contributed by atoms with Gasteiger partial charge in [0.1, 0.15) is 6.54 Å². The molecule has 0 saturated heterocycles. The number of nitrogen functional groups attached to an aromatic ring is 1. The summed E-state index contributed by atoms with van der Waals surface area (Å²) < 4.78 is 61.3. The van der Waals surface area contributed by atoms with Gasteiger partial charge in [-0.05, 0) is 18.2 Å². The number of hydrogen-bond acceptors (Lipinski definition) is 3. The molecular weight excluding hydrogens is 295 g/mol. The molecule has 0 spiro atoms. The van der Waals surface area contributed by atoms with Crippen LogP contribution in [0.1, 0.15) is 0 Å². The molecule has 0 radical (unpaired) electrons. The molecule has 0 saturated carbocycles. The van der Waals surface area contributed by atoms with Gasteiger partial charge in [0.25, 0.3) is 10.2 Å². The minimum atomic E-state index is -4.64. The van der Waals surface area contributed by atoms with Crippen molar-refractivity contribution in [1.29, 1.82) is 0 Å². The van der Waals surface area contributed by atoms with Gasteiger partial charge >= 0.3 is 6.18 Å². The van der Waals surface area contributed by atoms with Crippen LogP contribution in [0.5, 0.6) is 0 Å². The maximum Gasteiger partial charge on any atom is 0.402 e. The van der Waals surface area contributed by atoms with Crippen LogP contribution < -0.4 is 15.2 Å². The van der Waals surface area contributed by atoms with E-state index in [1.165, 1.54) is 22.9 Å². The first-order valence-electron chi connectivity index (χ1n) is 4.48. The predicted octanol–water partition coefficient (Wildman–Crippen LogP) is 1.73. The number of rotatable bonds is 4. The van der Waals surface area contributed by atoms with Gasteiger partial charge in [0, 0.05) is 5.69 Å². The van der Waals surface area contributed by atoms with Crippen LogP contribution in [0.4, 0.5) is 24.5 Å². The van der Waals surface area contributed by atoms with Gasteiger partial charge in [-0.2, -0.15) is 26.3 Å². The van der Waals surface area contributed by atoms with Crippen LogP contribution in [0, 0.1) is 0 Å². The fourth-order valence-corrected chi connectivity index (χ4v) is 2.16. The van der Waals surface area contributed by atoms with Gasteiger partial charge in [-0.15, -0.1) is 0 Å². The molecule has 4 N–H and O–H groups in total. The molecule has 10 heteroatoms. The Morgan fingerprint density at radius 2 is 1.94 bits per heavy atom. The summed E-state index contributed by atoms with van der Waals surface area (Å²) in [6.45, 7) is -1.67. The molecule has 1 aromatic carbocycles. The fourth-order valence-electron chi connectivity index (χ4n) is 0.972. The van der Waals surface area contributed by atoms with Crippen molar-refractivity contribution in [3.05, 3.63) is 23.2 Å². The zero-order valence-corrected chi connectivity index (χ0v) is 10.3. The standard InChI is InChI=1S/C8H9ClF3N3O2S/c9-6-3-5(13)1-2-7(6)15-18(16,17)14-4-8(10,11)12/h1-3,14-15H,4,13H2. The largest absolute Gasteiger partial charge is 0.402 e. The zero-order valence-electron chi connectivity index (χ0n) is 8.75. The van der Waals surface area contributed by atoms with E-state index in [0.29, 0.717) is 5.69 Å². The molecule has 0 aliphatic rings. The van der Waals surface area contributed by atoms with E-state index in [2.05, 4.69) is 0 Å². The van der Waals surface area contributed by atoms with Crippen molar-refractivity contribution in [3.8, 4) is 0 Å². The first-order valence-corrected chi connectivity index (χ1v) is 6.34. The van der Waals surface area contributed by atoms with E-state index in [4.69, 9.17) is 17.3 Å². The molecule has 1 aromatic rings. The number of nitrogens with one attached hydrogen (secondary N) is 2. The van der Waals surface area contributed by atoms with Crippen molar-refractivity contribution in [1.82, 2.24) is 4.72 Å². The average Bonchev–Trinajstić information content (AvgIpc) is 2.19. The SMILES string of the molecule is Nc1ccc(NS(=O)(=O)NCC(F)(F)F)c(Cl)c1. The number of alkyl halides is 3. The number of nitrogens with two attached hydrogens (primary N) is 1. The average molecular weight is 304 g/mol. The molecule has 102 valence electrons. The topological polar surface area (TPSA) is 84.2 Å². The van der Waals surface area contributed by atoms with Crippen molar-refractivity contribution in [2.75, 3.05) is 17.0 Å². The second-order valence-corrected chi connectivity index (χ2v) is 5.19. The summed E-state index contributed by atoms with van der Waals surface area (Å²) in [4.78, 5) is 0. The molecule has 18 heavy (non-hydrogen) atoms. The van der Waals surface area contributed by atoms with Gasteiger partial charge in [0.05, 0.1) is 10.7 Å². The van der Waals surface area contributed by atoms with Crippen LogP contribution in [0.15, 0.2) is 18.2 Å². The number of benzene rings is 1. The fraction of sp³-hybridized carbons (Fsp3) is 0.250. The molecule has 0 aliphatic carbocycles. The van der Waals surface area contributed by atoms with E-state index >= 15 is 0 Å². The summed E-state index contributed by atoms with van der Waals surface area (Å²) in [6.07, 6.45) is -4.64. The highest BCUT2D eigenvalue weighted by atomic mass is 35.5. The van der Waals surface area contributed by atoms with Crippen LogP contribution in [0.25, 0.3) is 0 Å². The minimum Gasteiger partial charge on any atom is -0.399 e. The third-order valence-electron chi connectivity index (χ3n) is 1.70. The normalized spacial score (nSPS) is 12.4. The highest BCUT2D eigenvalue weighted by Crippen LogP contribution is 2.24. The van der Waals surface area contributed by atoms with E-state index in [-0.39, 0.29) is 10.7 Å². The summed E-state index contributed by atoms with van der Waals surface area (Å²) >= 11 is 5.67. The molecule has 0 amide bonds. The molecule has 1 rings (SSSR count). The van der Waals surface area contributed by atoms with Crippen LogP contribution in [-0.2, 0) is 10.2 Å². The van der Waals surface area contributed by atoms with E-state index in [9.17, 15) is 21.6 Å². The Balaban J connectivity index is 2.77. The first kappa shape index (κ1) is 14.9. The molecule has 5 nitrogen and oxygen atoms in total. The summed E-state index contributed by atoms with van der Waals surface area (Å²) in [7, 11) is -4.35. The Kier molecular flexibility index (Phi) is 4.30. The number of halogens is 4. The minimum absolute atomic E-state index is 0.0209. The van der Waals surface area contributed by atoms with Crippen LogP contribution in [0.2, 0.25) is 5.02 Å². The Labute approximate surface area is 106 Å². The first-order chi connectivity index (χ1) is 8.09. The predicted molar refractivity (Wildman–Crippen MR) is 62.5 cm³/mol. The van der Waals surface area contributed by atoms with Crippen molar-refractivity contribution < 1.29 is 21.6 Å². The Morgan fingerprint density at radius 3 is 2.44 bits per heavy atom. The monoisotopic (exact) mass is 303 g/mol. The summed E-state index contributed by atoms with van der Waals surface area (Å²) in [5, 5.41) is -0.0209. The van der Waals surface area contributed by atoms with E-state index < -0.39 is 22.9 Å². The molecule has 0 heterocycles. The Hall–Kier alpha value is -1.19. The van der Waals surface area contributed by atoms with Crippen LogP contribution >= 0.6 is 11.6 Å². The number of hydrogen-bond donors (Lipinski definition) is 3.